The summed E-state index contributed by atoms with van der Waals surface area (Å²) in [5, 5.41) is 25.6. The molecule has 0 saturated heterocycles. The molecular weight excluding hydrogens is 546 g/mol. The Morgan fingerprint density at radius 3 is 2.22 bits per heavy atom. The molecule has 3 aromatic rings. The second-order valence-corrected chi connectivity index (χ2v) is 11.3. The van der Waals surface area contributed by atoms with Crippen LogP contribution in [0.15, 0.2) is 60.7 Å². The van der Waals surface area contributed by atoms with Gasteiger partial charge in [-0.3, -0.25) is 9.59 Å². The topological polar surface area (TPSA) is 128 Å². The summed E-state index contributed by atoms with van der Waals surface area (Å²) in [5.74, 6) is -1.00. The minimum atomic E-state index is -1.15. The molecule has 2 atom stereocenters. The maximum absolute atomic E-state index is 14.0. The lowest BCUT2D eigenvalue weighted by atomic mass is 9.99. The predicted octanol–water partition coefficient (Wildman–Crippen LogP) is 5.64. The highest BCUT2D eigenvalue weighted by Crippen LogP contribution is 2.30. The highest BCUT2D eigenvalue weighted by Gasteiger charge is 2.35. The number of benzene rings is 3. The number of alkyl carbamates (subject to hydrolysis) is 1. The molecule has 0 bridgehead atoms. The number of nitrogens with one attached hydrogen (secondary N) is 2. The van der Waals surface area contributed by atoms with Gasteiger partial charge in [-0.05, 0) is 87.2 Å². The lowest BCUT2D eigenvalue weighted by molar-refractivity contribution is -0.139. The first-order valence-electron chi connectivity index (χ1n) is 13.1. The van der Waals surface area contributed by atoms with Crippen LogP contribution < -0.4 is 10.6 Å². The Labute approximate surface area is 245 Å². The van der Waals surface area contributed by atoms with Crippen LogP contribution in [0.3, 0.4) is 0 Å². The summed E-state index contributed by atoms with van der Waals surface area (Å²) in [6.07, 6.45) is -0.730. The van der Waals surface area contributed by atoms with E-state index in [0.717, 1.165) is 5.56 Å². The molecule has 0 fully saturated rings. The lowest BCUT2D eigenvalue weighted by Gasteiger charge is -2.32. The molecule has 4 N–H and O–H groups in total. The van der Waals surface area contributed by atoms with Gasteiger partial charge < -0.3 is 30.5 Å². The third kappa shape index (κ3) is 8.38. The zero-order valence-electron chi connectivity index (χ0n) is 24.0. The van der Waals surface area contributed by atoms with Gasteiger partial charge in [0.15, 0.2) is 0 Å². The van der Waals surface area contributed by atoms with E-state index in [0.29, 0.717) is 27.4 Å². The second-order valence-electron chi connectivity index (χ2n) is 10.9. The molecular formula is C31H36ClN3O6. The summed E-state index contributed by atoms with van der Waals surface area (Å²) in [6, 6.07) is 13.8. The number of aryl methyl sites for hydroxylation is 2. The Morgan fingerprint density at radius 2 is 1.63 bits per heavy atom. The molecule has 0 aliphatic heterocycles. The van der Waals surface area contributed by atoms with Crippen LogP contribution in [-0.2, 0) is 20.7 Å². The second kappa shape index (κ2) is 13.0. The Kier molecular flexibility index (Phi) is 9.88. The first-order valence-corrected chi connectivity index (χ1v) is 13.4. The number of para-hydroxylation sites is 1. The number of likely N-dealkylation sites (N-methyl/N-ethyl adjacent to an activating group) is 1. The minimum Gasteiger partial charge on any atom is -0.508 e. The maximum Gasteiger partial charge on any atom is 0.408 e. The van der Waals surface area contributed by atoms with Crippen molar-refractivity contribution in [3.63, 3.8) is 0 Å². The van der Waals surface area contributed by atoms with Crippen LogP contribution in [0, 0.1) is 13.8 Å². The molecule has 10 heteroatoms. The molecule has 3 amide bonds. The number of halogens is 1. The Hall–Kier alpha value is -4.24. The number of carbonyl (C=O) groups excluding carboxylic acids is 3. The van der Waals surface area contributed by atoms with E-state index in [4.69, 9.17) is 16.3 Å². The van der Waals surface area contributed by atoms with Crippen LogP contribution in [0.5, 0.6) is 11.5 Å². The number of phenolic OH excluding ortho intramolecular Hbond substituents is 2. The van der Waals surface area contributed by atoms with Crippen molar-refractivity contribution in [2.45, 2.75) is 58.7 Å². The molecule has 41 heavy (non-hydrogen) atoms. The first kappa shape index (κ1) is 31.3. The summed E-state index contributed by atoms with van der Waals surface area (Å²) in [5.41, 5.74) is 1.96. The number of aromatic hydroxyl groups is 2. The zero-order chi connectivity index (χ0) is 30.5. The number of carbonyl (C=O) groups is 3. The Bertz CT molecular complexity index is 1400. The molecule has 0 aliphatic carbocycles. The highest BCUT2D eigenvalue weighted by atomic mass is 35.5. The van der Waals surface area contributed by atoms with E-state index >= 15 is 0 Å². The SMILES string of the molecule is Cc1cc(C(C(=O)Nc2c(C)cccc2Cl)N(C)C(=O)C(Cc2ccc(O)cc2)NC(=O)OC(C)(C)C)ccc1O. The average molecular weight is 582 g/mol. The molecule has 0 heterocycles. The normalized spacial score (nSPS) is 12.7. The summed E-state index contributed by atoms with van der Waals surface area (Å²) in [4.78, 5) is 41.8. The monoisotopic (exact) mass is 581 g/mol. The molecule has 9 nitrogen and oxygen atoms in total. The number of amides is 3. The van der Waals surface area contributed by atoms with Gasteiger partial charge in [-0.1, -0.05) is 41.9 Å². The third-order valence-electron chi connectivity index (χ3n) is 6.36. The fourth-order valence-corrected chi connectivity index (χ4v) is 4.54. The van der Waals surface area contributed by atoms with Crippen molar-refractivity contribution in [1.29, 1.82) is 0 Å². The van der Waals surface area contributed by atoms with Crippen molar-refractivity contribution >= 4 is 35.2 Å². The van der Waals surface area contributed by atoms with Gasteiger partial charge in [0, 0.05) is 13.5 Å². The number of phenols is 2. The molecule has 2 unspecified atom stereocenters. The molecule has 3 aromatic carbocycles. The standard InChI is InChI=1S/C31H36ClN3O6/c1-18-8-7-9-23(32)26(18)34-28(38)27(21-12-15-25(37)19(2)16-21)35(6)29(39)24(33-30(40)41-31(3,4)5)17-20-10-13-22(36)14-11-20/h7-16,24,27,36-37H,17H2,1-6H3,(H,33,40)(H,34,38). The molecule has 0 radical (unpaired) electrons. The van der Waals surface area contributed by atoms with E-state index in [1.165, 1.54) is 30.1 Å². The molecule has 0 saturated carbocycles. The number of rotatable bonds is 8. The van der Waals surface area contributed by atoms with E-state index in [9.17, 15) is 24.6 Å². The van der Waals surface area contributed by atoms with Gasteiger partial charge in [-0.2, -0.15) is 0 Å². The van der Waals surface area contributed by atoms with Crippen LogP contribution in [0.1, 0.15) is 49.1 Å². The first-order chi connectivity index (χ1) is 19.2. The highest BCUT2D eigenvalue weighted by molar-refractivity contribution is 6.34. The van der Waals surface area contributed by atoms with Crippen molar-refractivity contribution in [2.24, 2.45) is 0 Å². The number of anilines is 1. The summed E-state index contributed by atoms with van der Waals surface area (Å²) < 4.78 is 5.40. The molecule has 3 rings (SSSR count). The molecule has 0 spiro atoms. The Balaban J connectivity index is 2.01. The number of ether oxygens (including phenoxy) is 1. The van der Waals surface area contributed by atoms with Crippen molar-refractivity contribution in [1.82, 2.24) is 10.2 Å². The summed E-state index contributed by atoms with van der Waals surface area (Å²) in [7, 11) is 1.47. The lowest BCUT2D eigenvalue weighted by Crippen LogP contribution is -2.52. The third-order valence-corrected chi connectivity index (χ3v) is 6.67. The van der Waals surface area contributed by atoms with Crippen molar-refractivity contribution in [3.05, 3.63) is 87.9 Å². The average Bonchev–Trinajstić information content (AvgIpc) is 2.88. The van der Waals surface area contributed by atoms with Gasteiger partial charge in [-0.25, -0.2) is 4.79 Å². The molecule has 218 valence electrons. The molecule has 0 aliphatic rings. The zero-order valence-corrected chi connectivity index (χ0v) is 24.7. The van der Waals surface area contributed by atoms with Gasteiger partial charge in [0.25, 0.3) is 5.91 Å². The van der Waals surface area contributed by atoms with Gasteiger partial charge in [0.05, 0.1) is 10.7 Å². The van der Waals surface area contributed by atoms with Crippen LogP contribution >= 0.6 is 11.6 Å². The van der Waals surface area contributed by atoms with E-state index in [2.05, 4.69) is 10.6 Å². The van der Waals surface area contributed by atoms with Crippen LogP contribution in [-0.4, -0.2) is 51.7 Å². The fourth-order valence-electron chi connectivity index (χ4n) is 4.27. The summed E-state index contributed by atoms with van der Waals surface area (Å²) in [6.45, 7) is 8.61. The number of hydrogen-bond acceptors (Lipinski definition) is 6. The van der Waals surface area contributed by atoms with Crippen molar-refractivity contribution in [2.75, 3.05) is 12.4 Å². The van der Waals surface area contributed by atoms with E-state index in [1.807, 2.05) is 0 Å². The van der Waals surface area contributed by atoms with Crippen molar-refractivity contribution in [3.8, 4) is 11.5 Å². The quantitative estimate of drug-likeness (QED) is 0.272. The maximum atomic E-state index is 14.0. The largest absolute Gasteiger partial charge is 0.508 e. The fraction of sp³-hybridized carbons (Fsp3) is 0.323. The van der Waals surface area contributed by atoms with E-state index in [1.54, 1.807) is 77.1 Å². The van der Waals surface area contributed by atoms with Gasteiger partial charge >= 0.3 is 6.09 Å². The van der Waals surface area contributed by atoms with Crippen LogP contribution in [0.2, 0.25) is 5.02 Å². The summed E-state index contributed by atoms with van der Waals surface area (Å²) >= 11 is 6.37. The minimum absolute atomic E-state index is 0.0423. The Morgan fingerprint density at radius 1 is 0.976 bits per heavy atom. The van der Waals surface area contributed by atoms with E-state index < -0.39 is 35.6 Å². The predicted molar refractivity (Wildman–Crippen MR) is 158 cm³/mol. The van der Waals surface area contributed by atoms with E-state index in [-0.39, 0.29) is 17.9 Å². The van der Waals surface area contributed by atoms with Crippen LogP contribution in [0.25, 0.3) is 0 Å². The van der Waals surface area contributed by atoms with Gasteiger partial charge in [0.1, 0.15) is 29.2 Å². The smallest absolute Gasteiger partial charge is 0.408 e. The van der Waals surface area contributed by atoms with Crippen molar-refractivity contribution < 1.29 is 29.3 Å². The van der Waals surface area contributed by atoms with Gasteiger partial charge in [-0.15, -0.1) is 0 Å². The van der Waals surface area contributed by atoms with Crippen LogP contribution in [0.4, 0.5) is 10.5 Å². The number of nitrogens with zero attached hydrogens (tertiary/aromatic N) is 1. The number of hydrogen-bond donors (Lipinski definition) is 4. The van der Waals surface area contributed by atoms with Gasteiger partial charge in [0.2, 0.25) is 5.91 Å². The molecule has 0 aromatic heterocycles.